The highest BCUT2D eigenvalue weighted by atomic mass is 127. The quantitative estimate of drug-likeness (QED) is 0.278. The second-order valence-electron chi connectivity index (χ2n) is 6.83. The molecule has 5 nitrogen and oxygen atoms in total. The normalized spacial score (nSPS) is 20.2. The summed E-state index contributed by atoms with van der Waals surface area (Å²) in [6.07, 6.45) is 6.96. The van der Waals surface area contributed by atoms with Gasteiger partial charge < -0.3 is 19.7 Å². The minimum absolute atomic E-state index is 0. The van der Waals surface area contributed by atoms with Crippen molar-refractivity contribution in [3.8, 4) is 0 Å². The van der Waals surface area contributed by atoms with Crippen LogP contribution in [0.2, 0.25) is 0 Å². The molecule has 0 aliphatic carbocycles. The van der Waals surface area contributed by atoms with Crippen LogP contribution in [-0.2, 0) is 9.47 Å². The lowest BCUT2D eigenvalue weighted by Crippen LogP contribution is -2.43. The third-order valence-corrected chi connectivity index (χ3v) is 4.94. The van der Waals surface area contributed by atoms with Gasteiger partial charge in [0, 0.05) is 39.9 Å². The predicted molar refractivity (Wildman–Crippen MR) is 122 cm³/mol. The molecule has 2 aliphatic heterocycles. The van der Waals surface area contributed by atoms with Gasteiger partial charge in [-0.2, -0.15) is 0 Å². The number of halogens is 1. The first-order chi connectivity index (χ1) is 12.9. The molecule has 1 aromatic rings. The Morgan fingerprint density at radius 3 is 2.85 bits per heavy atom. The van der Waals surface area contributed by atoms with Crippen LogP contribution in [0.25, 0.3) is 5.57 Å². The molecule has 1 aromatic carbocycles. The van der Waals surface area contributed by atoms with Gasteiger partial charge in [-0.1, -0.05) is 36.4 Å². The van der Waals surface area contributed by atoms with Crippen molar-refractivity contribution in [1.82, 2.24) is 10.2 Å². The van der Waals surface area contributed by atoms with E-state index in [4.69, 9.17) is 9.47 Å². The highest BCUT2D eigenvalue weighted by Crippen LogP contribution is 2.21. The van der Waals surface area contributed by atoms with Crippen molar-refractivity contribution in [2.75, 3.05) is 46.5 Å². The van der Waals surface area contributed by atoms with Crippen LogP contribution in [0.15, 0.2) is 41.4 Å². The van der Waals surface area contributed by atoms with Crippen LogP contribution in [0.3, 0.4) is 0 Å². The first kappa shape index (κ1) is 22.2. The molecule has 27 heavy (non-hydrogen) atoms. The molecular formula is C21H32IN3O2. The fraction of sp³-hybridized carbons (Fsp3) is 0.571. The molecule has 1 N–H and O–H groups in total. The van der Waals surface area contributed by atoms with Crippen molar-refractivity contribution in [3.05, 3.63) is 42.0 Å². The lowest BCUT2D eigenvalue weighted by atomic mass is 10.00. The molecule has 0 spiro atoms. The van der Waals surface area contributed by atoms with E-state index in [1.165, 1.54) is 17.6 Å². The molecular weight excluding hydrogens is 453 g/mol. The van der Waals surface area contributed by atoms with Crippen LogP contribution in [0.1, 0.15) is 31.2 Å². The number of hydrogen-bond acceptors (Lipinski definition) is 3. The Hall–Kier alpha value is -1.12. The summed E-state index contributed by atoms with van der Waals surface area (Å²) in [5, 5.41) is 3.46. The SMILES string of the molecule is CN=C(NCCCOCC1CCCO1)N1CC=C(c2ccccc2)CC1.I. The van der Waals surface area contributed by atoms with E-state index in [-0.39, 0.29) is 24.0 Å². The van der Waals surface area contributed by atoms with Crippen LogP contribution < -0.4 is 5.32 Å². The molecule has 3 rings (SSSR count). The van der Waals surface area contributed by atoms with E-state index in [9.17, 15) is 0 Å². The summed E-state index contributed by atoms with van der Waals surface area (Å²) in [7, 11) is 1.85. The average Bonchev–Trinajstić information content (AvgIpc) is 3.22. The Morgan fingerprint density at radius 1 is 1.33 bits per heavy atom. The van der Waals surface area contributed by atoms with Crippen molar-refractivity contribution in [2.45, 2.75) is 31.8 Å². The summed E-state index contributed by atoms with van der Waals surface area (Å²) >= 11 is 0. The number of nitrogens with zero attached hydrogens (tertiary/aromatic N) is 2. The van der Waals surface area contributed by atoms with E-state index < -0.39 is 0 Å². The smallest absolute Gasteiger partial charge is 0.193 e. The van der Waals surface area contributed by atoms with E-state index >= 15 is 0 Å². The van der Waals surface area contributed by atoms with Gasteiger partial charge >= 0.3 is 0 Å². The van der Waals surface area contributed by atoms with Crippen LogP contribution in [0.5, 0.6) is 0 Å². The first-order valence-corrected chi connectivity index (χ1v) is 9.76. The Balaban J connectivity index is 0.00000261. The van der Waals surface area contributed by atoms with Crippen LogP contribution >= 0.6 is 24.0 Å². The second-order valence-corrected chi connectivity index (χ2v) is 6.83. The van der Waals surface area contributed by atoms with Crippen molar-refractivity contribution in [1.29, 1.82) is 0 Å². The van der Waals surface area contributed by atoms with Gasteiger partial charge in [0.1, 0.15) is 0 Å². The number of ether oxygens (including phenoxy) is 2. The molecule has 0 aromatic heterocycles. The maximum atomic E-state index is 5.71. The van der Waals surface area contributed by atoms with E-state index in [1.807, 2.05) is 7.05 Å². The molecule has 0 bridgehead atoms. The lowest BCUT2D eigenvalue weighted by Gasteiger charge is -2.29. The fourth-order valence-electron chi connectivity index (χ4n) is 3.47. The molecule has 0 amide bonds. The van der Waals surface area contributed by atoms with E-state index in [2.05, 4.69) is 51.6 Å². The molecule has 1 fully saturated rings. The molecule has 6 heteroatoms. The number of aliphatic imine (C=N–C) groups is 1. The zero-order valence-electron chi connectivity index (χ0n) is 16.2. The van der Waals surface area contributed by atoms with Crippen LogP contribution in [0, 0.1) is 0 Å². The third kappa shape index (κ3) is 7.08. The van der Waals surface area contributed by atoms with Gasteiger partial charge in [-0.15, -0.1) is 24.0 Å². The molecule has 2 aliphatic rings. The van der Waals surface area contributed by atoms with E-state index in [0.29, 0.717) is 6.10 Å². The average molecular weight is 485 g/mol. The summed E-state index contributed by atoms with van der Waals surface area (Å²) < 4.78 is 11.3. The maximum Gasteiger partial charge on any atom is 0.193 e. The molecule has 1 unspecified atom stereocenters. The summed E-state index contributed by atoms with van der Waals surface area (Å²) in [6, 6.07) is 10.6. The van der Waals surface area contributed by atoms with E-state index in [0.717, 1.165) is 64.7 Å². The molecule has 2 heterocycles. The number of hydrogen-bond donors (Lipinski definition) is 1. The predicted octanol–water partition coefficient (Wildman–Crippen LogP) is 3.55. The zero-order valence-corrected chi connectivity index (χ0v) is 18.6. The van der Waals surface area contributed by atoms with Gasteiger partial charge in [-0.05, 0) is 36.8 Å². The second kappa shape index (κ2) is 12.4. The summed E-state index contributed by atoms with van der Waals surface area (Å²) in [4.78, 5) is 6.74. The molecule has 1 saturated heterocycles. The number of nitrogens with one attached hydrogen (secondary N) is 1. The Kier molecular flexibility index (Phi) is 10.2. The van der Waals surface area contributed by atoms with Gasteiger partial charge in [0.15, 0.2) is 5.96 Å². The topological polar surface area (TPSA) is 46.1 Å². The highest BCUT2D eigenvalue weighted by molar-refractivity contribution is 14.0. The summed E-state index contributed by atoms with van der Waals surface area (Å²) in [5.41, 5.74) is 2.76. The van der Waals surface area contributed by atoms with Gasteiger partial charge in [-0.3, -0.25) is 4.99 Å². The minimum atomic E-state index is 0. The van der Waals surface area contributed by atoms with Gasteiger partial charge in [0.05, 0.1) is 12.7 Å². The van der Waals surface area contributed by atoms with Crippen LogP contribution in [0.4, 0.5) is 0 Å². The first-order valence-electron chi connectivity index (χ1n) is 9.76. The maximum absolute atomic E-state index is 5.71. The van der Waals surface area contributed by atoms with Crippen LogP contribution in [-0.4, -0.2) is 63.5 Å². The number of guanidine groups is 1. The fourth-order valence-corrected chi connectivity index (χ4v) is 3.47. The largest absolute Gasteiger partial charge is 0.379 e. The Labute approximate surface area is 180 Å². The Bertz CT molecular complexity index is 601. The number of benzene rings is 1. The monoisotopic (exact) mass is 485 g/mol. The minimum Gasteiger partial charge on any atom is -0.379 e. The zero-order chi connectivity index (χ0) is 18.0. The van der Waals surface area contributed by atoms with E-state index in [1.54, 1.807) is 0 Å². The molecule has 1 atom stereocenters. The third-order valence-electron chi connectivity index (χ3n) is 4.94. The summed E-state index contributed by atoms with van der Waals surface area (Å²) in [5.74, 6) is 0.979. The summed E-state index contributed by atoms with van der Waals surface area (Å²) in [6.45, 7) is 5.16. The molecule has 0 radical (unpaired) electrons. The standard InChI is InChI=1S/C21H31N3O2.HI/c1-22-21(23-12-6-15-25-17-20-9-5-16-26-20)24-13-10-19(11-14-24)18-7-3-2-4-8-18;/h2-4,7-8,10,20H,5-6,9,11-17H2,1H3,(H,22,23);1H. The molecule has 150 valence electrons. The Morgan fingerprint density at radius 2 is 2.19 bits per heavy atom. The van der Waals surface area contributed by atoms with Crippen molar-refractivity contribution in [2.24, 2.45) is 4.99 Å². The number of rotatable bonds is 7. The van der Waals surface area contributed by atoms with Gasteiger partial charge in [-0.25, -0.2) is 0 Å². The van der Waals surface area contributed by atoms with Crippen molar-refractivity contribution >= 4 is 35.5 Å². The van der Waals surface area contributed by atoms with Crippen molar-refractivity contribution < 1.29 is 9.47 Å². The lowest BCUT2D eigenvalue weighted by molar-refractivity contribution is 0.0168. The van der Waals surface area contributed by atoms with Crippen molar-refractivity contribution in [3.63, 3.8) is 0 Å². The highest BCUT2D eigenvalue weighted by Gasteiger charge is 2.16. The van der Waals surface area contributed by atoms with Gasteiger partial charge in [0.25, 0.3) is 0 Å². The molecule has 0 saturated carbocycles. The van der Waals surface area contributed by atoms with Gasteiger partial charge in [0.2, 0.25) is 0 Å².